The summed E-state index contributed by atoms with van der Waals surface area (Å²) in [7, 11) is 1.51. The smallest absolute Gasteiger partial charge is 0.212 e. The molecule has 3 rings (SSSR count). The molecule has 0 saturated heterocycles. The number of hydrogen-bond acceptors (Lipinski definition) is 6. The van der Waals surface area contributed by atoms with Gasteiger partial charge in [0.05, 0.1) is 13.3 Å². The monoisotopic (exact) mass is 432 g/mol. The van der Waals surface area contributed by atoms with Gasteiger partial charge in [0.2, 0.25) is 5.16 Å². The Labute approximate surface area is 164 Å². The number of ether oxygens (including phenoxy) is 1. The number of aryl methyl sites for hydroxylation is 1. The van der Waals surface area contributed by atoms with E-state index in [9.17, 15) is 5.11 Å². The number of benzene rings is 2. The maximum atomic E-state index is 9.86. The zero-order valence-electron chi connectivity index (χ0n) is 14.3. The molecule has 1 N–H and O–H groups in total. The second kappa shape index (κ2) is 8.37. The Morgan fingerprint density at radius 2 is 2.00 bits per heavy atom. The number of halogens is 1. The van der Waals surface area contributed by atoms with Gasteiger partial charge in [0.25, 0.3) is 0 Å². The van der Waals surface area contributed by atoms with Crippen LogP contribution < -0.4 is 4.74 Å². The third-order valence-electron chi connectivity index (χ3n) is 3.57. The standard InChI is InChI=1S/C18H17BrN4O2S/c1-12-21-22-18(26-11-13-3-6-15(19)7-4-13)23(12)20-10-14-5-8-17(25-2)16(24)9-14/h3-10,24H,11H2,1-2H3/b20-10+. The molecule has 0 unspecified atom stereocenters. The van der Waals surface area contributed by atoms with Crippen LogP contribution in [0.15, 0.2) is 57.2 Å². The predicted octanol–water partition coefficient (Wildman–Crippen LogP) is 4.24. The maximum absolute atomic E-state index is 9.86. The van der Waals surface area contributed by atoms with Crippen LogP contribution in [-0.4, -0.2) is 33.3 Å². The summed E-state index contributed by atoms with van der Waals surface area (Å²) in [6.45, 7) is 1.85. The second-order valence-corrected chi connectivity index (χ2v) is 7.29. The van der Waals surface area contributed by atoms with Crippen molar-refractivity contribution in [2.75, 3.05) is 7.11 Å². The van der Waals surface area contributed by atoms with E-state index in [-0.39, 0.29) is 5.75 Å². The van der Waals surface area contributed by atoms with Gasteiger partial charge in [-0.25, -0.2) is 0 Å². The van der Waals surface area contributed by atoms with E-state index in [1.807, 2.05) is 25.1 Å². The van der Waals surface area contributed by atoms with E-state index >= 15 is 0 Å². The van der Waals surface area contributed by atoms with Gasteiger partial charge in [-0.15, -0.1) is 10.2 Å². The number of nitrogens with zero attached hydrogens (tertiary/aromatic N) is 4. The van der Waals surface area contributed by atoms with Crippen molar-refractivity contribution in [1.29, 1.82) is 0 Å². The van der Waals surface area contributed by atoms with Crippen molar-refractivity contribution in [3.63, 3.8) is 0 Å². The molecule has 0 atom stereocenters. The van der Waals surface area contributed by atoms with Crippen LogP contribution in [0.25, 0.3) is 0 Å². The number of methoxy groups -OCH3 is 1. The Bertz CT molecular complexity index is 925. The average molecular weight is 433 g/mol. The molecule has 0 bridgehead atoms. The van der Waals surface area contributed by atoms with E-state index in [0.29, 0.717) is 16.7 Å². The molecule has 0 amide bonds. The zero-order valence-corrected chi connectivity index (χ0v) is 16.7. The summed E-state index contributed by atoms with van der Waals surface area (Å²) >= 11 is 5.00. The highest BCUT2D eigenvalue weighted by molar-refractivity contribution is 9.10. The Kier molecular flexibility index (Phi) is 5.95. The van der Waals surface area contributed by atoms with E-state index in [1.54, 1.807) is 34.8 Å². The lowest BCUT2D eigenvalue weighted by Gasteiger charge is -2.04. The molecule has 0 aliphatic carbocycles. The summed E-state index contributed by atoms with van der Waals surface area (Å²) in [6.07, 6.45) is 1.65. The van der Waals surface area contributed by atoms with E-state index < -0.39 is 0 Å². The number of aromatic hydroxyl groups is 1. The molecule has 0 saturated carbocycles. The average Bonchev–Trinajstić information content (AvgIpc) is 2.99. The molecule has 0 aliphatic rings. The predicted molar refractivity (Wildman–Crippen MR) is 106 cm³/mol. The molecule has 0 spiro atoms. The molecule has 0 aliphatic heterocycles. The third-order valence-corrected chi connectivity index (χ3v) is 5.09. The van der Waals surface area contributed by atoms with Crippen molar-refractivity contribution >= 4 is 33.9 Å². The number of phenols is 1. The number of rotatable bonds is 6. The number of hydrogen-bond donors (Lipinski definition) is 1. The fraction of sp³-hybridized carbons (Fsp3) is 0.167. The van der Waals surface area contributed by atoms with Gasteiger partial charge in [-0.05, 0) is 48.4 Å². The largest absolute Gasteiger partial charge is 0.504 e. The highest BCUT2D eigenvalue weighted by Crippen LogP contribution is 2.26. The van der Waals surface area contributed by atoms with Gasteiger partial charge in [-0.1, -0.05) is 39.8 Å². The van der Waals surface area contributed by atoms with Crippen molar-refractivity contribution in [2.45, 2.75) is 17.8 Å². The summed E-state index contributed by atoms with van der Waals surface area (Å²) in [4.78, 5) is 0. The van der Waals surface area contributed by atoms with Crippen molar-refractivity contribution in [3.05, 3.63) is 63.9 Å². The molecule has 6 nitrogen and oxygen atoms in total. The molecule has 0 fully saturated rings. The Hall–Kier alpha value is -2.32. The highest BCUT2D eigenvalue weighted by atomic mass is 79.9. The fourth-order valence-electron chi connectivity index (χ4n) is 2.20. The molecule has 2 aromatic carbocycles. The minimum Gasteiger partial charge on any atom is -0.504 e. The summed E-state index contributed by atoms with van der Waals surface area (Å²) < 4.78 is 7.78. The Morgan fingerprint density at radius 3 is 2.69 bits per heavy atom. The molecule has 1 aromatic heterocycles. The first kappa shape index (κ1) is 18.5. The maximum Gasteiger partial charge on any atom is 0.212 e. The van der Waals surface area contributed by atoms with Gasteiger partial charge < -0.3 is 9.84 Å². The lowest BCUT2D eigenvalue weighted by atomic mass is 10.2. The zero-order chi connectivity index (χ0) is 18.5. The lowest BCUT2D eigenvalue weighted by Crippen LogP contribution is -1.96. The molecular weight excluding hydrogens is 416 g/mol. The first-order valence-electron chi connectivity index (χ1n) is 7.77. The van der Waals surface area contributed by atoms with Crippen LogP contribution in [-0.2, 0) is 5.75 Å². The second-order valence-electron chi connectivity index (χ2n) is 5.43. The van der Waals surface area contributed by atoms with E-state index in [4.69, 9.17) is 4.74 Å². The van der Waals surface area contributed by atoms with Crippen molar-refractivity contribution in [3.8, 4) is 11.5 Å². The van der Waals surface area contributed by atoms with Crippen LogP contribution in [0.3, 0.4) is 0 Å². The van der Waals surface area contributed by atoms with Crippen molar-refractivity contribution < 1.29 is 9.84 Å². The number of aromatic nitrogens is 3. The van der Waals surface area contributed by atoms with E-state index in [0.717, 1.165) is 15.8 Å². The molecule has 3 aromatic rings. The third kappa shape index (κ3) is 4.44. The van der Waals surface area contributed by atoms with Crippen LogP contribution in [0.5, 0.6) is 11.5 Å². The molecule has 8 heteroatoms. The number of thioether (sulfide) groups is 1. The van der Waals surface area contributed by atoms with Gasteiger partial charge in [-0.2, -0.15) is 9.78 Å². The van der Waals surface area contributed by atoms with E-state index in [2.05, 4.69) is 43.4 Å². The summed E-state index contributed by atoms with van der Waals surface area (Å²) in [5, 5.41) is 23.3. The minimum atomic E-state index is 0.0711. The SMILES string of the molecule is COc1ccc(/C=N/n2c(C)nnc2SCc2ccc(Br)cc2)cc1O. The lowest BCUT2D eigenvalue weighted by molar-refractivity contribution is 0.373. The van der Waals surface area contributed by atoms with Crippen LogP contribution in [0.1, 0.15) is 17.0 Å². The fourth-order valence-corrected chi connectivity index (χ4v) is 3.35. The van der Waals surface area contributed by atoms with Gasteiger partial charge in [0.15, 0.2) is 17.3 Å². The molecule has 26 heavy (non-hydrogen) atoms. The van der Waals surface area contributed by atoms with Crippen LogP contribution in [0.4, 0.5) is 0 Å². The molecule has 0 radical (unpaired) electrons. The number of phenolic OH excluding ortho intramolecular Hbond substituents is 1. The van der Waals surface area contributed by atoms with E-state index in [1.165, 1.54) is 12.7 Å². The minimum absolute atomic E-state index is 0.0711. The van der Waals surface area contributed by atoms with Gasteiger partial charge in [0.1, 0.15) is 0 Å². The first-order chi connectivity index (χ1) is 12.6. The van der Waals surface area contributed by atoms with Gasteiger partial charge in [0, 0.05) is 10.2 Å². The Morgan fingerprint density at radius 1 is 1.23 bits per heavy atom. The summed E-state index contributed by atoms with van der Waals surface area (Å²) in [6, 6.07) is 13.3. The molecular formula is C18H17BrN4O2S. The van der Waals surface area contributed by atoms with Crippen LogP contribution in [0, 0.1) is 6.92 Å². The van der Waals surface area contributed by atoms with Crippen LogP contribution >= 0.6 is 27.7 Å². The topological polar surface area (TPSA) is 72.5 Å². The Balaban J connectivity index is 1.75. The highest BCUT2D eigenvalue weighted by Gasteiger charge is 2.09. The van der Waals surface area contributed by atoms with Gasteiger partial charge >= 0.3 is 0 Å². The summed E-state index contributed by atoms with van der Waals surface area (Å²) in [5.41, 5.74) is 1.94. The molecule has 1 heterocycles. The summed E-state index contributed by atoms with van der Waals surface area (Å²) in [5.74, 6) is 1.96. The van der Waals surface area contributed by atoms with Crippen LogP contribution in [0.2, 0.25) is 0 Å². The van der Waals surface area contributed by atoms with Gasteiger partial charge in [-0.3, -0.25) is 0 Å². The van der Waals surface area contributed by atoms with Crippen molar-refractivity contribution in [2.24, 2.45) is 5.10 Å². The first-order valence-corrected chi connectivity index (χ1v) is 9.55. The normalized spacial score (nSPS) is 11.2. The molecule has 134 valence electrons. The quantitative estimate of drug-likeness (QED) is 0.465. The van der Waals surface area contributed by atoms with Crippen molar-refractivity contribution in [1.82, 2.24) is 14.9 Å².